The molecule has 0 bridgehead atoms. The van der Waals surface area contributed by atoms with E-state index in [9.17, 15) is 14.9 Å². The molecule has 0 heterocycles. The molecule has 0 fully saturated rings. The minimum absolute atomic E-state index is 0.251. The predicted molar refractivity (Wildman–Crippen MR) is 100 cm³/mol. The zero-order chi connectivity index (χ0) is 17.9. The maximum atomic E-state index is 11.0. The van der Waals surface area contributed by atoms with Gasteiger partial charge in [-0.2, -0.15) is 0 Å². The fraction of sp³-hybridized carbons (Fsp3) is 0.550. The van der Waals surface area contributed by atoms with E-state index in [0.717, 1.165) is 44.9 Å². The number of rotatable bonds is 15. The summed E-state index contributed by atoms with van der Waals surface area (Å²) in [5, 5.41) is 11.0. The van der Waals surface area contributed by atoms with E-state index in [1.54, 1.807) is 6.08 Å². The van der Waals surface area contributed by atoms with E-state index in [2.05, 4.69) is 19.1 Å². The number of unbranched alkanes of at least 4 members (excludes halogenated alkanes) is 5. The Morgan fingerprint density at radius 3 is 2.38 bits per heavy atom. The van der Waals surface area contributed by atoms with Gasteiger partial charge in [0, 0.05) is 6.42 Å². The summed E-state index contributed by atoms with van der Waals surface area (Å²) < 4.78 is 0. The van der Waals surface area contributed by atoms with Crippen LogP contribution in [0.3, 0.4) is 0 Å². The molecular weight excluding hydrogens is 302 g/mol. The zero-order valence-electron chi connectivity index (χ0n) is 14.8. The van der Waals surface area contributed by atoms with Crippen molar-refractivity contribution in [1.29, 1.82) is 0 Å². The molecule has 133 valence electrons. The fourth-order valence-electron chi connectivity index (χ4n) is 2.11. The molecule has 0 saturated heterocycles. The molecule has 0 atom stereocenters. The Morgan fingerprint density at radius 2 is 1.67 bits per heavy atom. The van der Waals surface area contributed by atoms with Gasteiger partial charge in [0.2, 0.25) is 5.70 Å². The van der Waals surface area contributed by atoms with Crippen LogP contribution in [0.25, 0.3) is 0 Å². The van der Waals surface area contributed by atoms with Gasteiger partial charge < -0.3 is 0 Å². The highest BCUT2D eigenvalue weighted by molar-refractivity contribution is 5.50. The van der Waals surface area contributed by atoms with Crippen LogP contribution in [-0.4, -0.2) is 11.2 Å². The third-order valence-electron chi connectivity index (χ3n) is 3.46. The molecule has 0 spiro atoms. The molecule has 0 aliphatic carbocycles. The Bertz CT molecular complexity index is 448. The monoisotopic (exact) mass is 332 g/mol. The normalized spacial score (nSPS) is 12.6. The van der Waals surface area contributed by atoms with E-state index >= 15 is 0 Å². The molecule has 1 radical (unpaired) electrons. The van der Waals surface area contributed by atoms with Crippen LogP contribution in [0.1, 0.15) is 71.1 Å². The first kappa shape index (κ1) is 22.0. The van der Waals surface area contributed by atoms with E-state index in [-0.39, 0.29) is 10.6 Å². The van der Waals surface area contributed by atoms with Crippen molar-refractivity contribution >= 4 is 6.29 Å². The molecule has 0 aromatic heterocycles. The van der Waals surface area contributed by atoms with Gasteiger partial charge in [-0.1, -0.05) is 56.2 Å². The minimum Gasteiger partial charge on any atom is -0.291 e. The molecular formula is C20H30NO3. The lowest BCUT2D eigenvalue weighted by Crippen LogP contribution is -1.97. The molecule has 4 heteroatoms. The van der Waals surface area contributed by atoms with Crippen molar-refractivity contribution in [3.05, 3.63) is 58.3 Å². The highest BCUT2D eigenvalue weighted by Gasteiger charge is 2.06. The molecule has 0 aromatic rings. The zero-order valence-corrected chi connectivity index (χ0v) is 14.8. The molecule has 0 saturated carbocycles. The maximum absolute atomic E-state index is 11.0. The molecule has 0 unspecified atom stereocenters. The van der Waals surface area contributed by atoms with Gasteiger partial charge in [-0.25, -0.2) is 0 Å². The van der Waals surface area contributed by atoms with Gasteiger partial charge in [-0.15, -0.1) is 0 Å². The highest BCUT2D eigenvalue weighted by atomic mass is 16.6. The van der Waals surface area contributed by atoms with Gasteiger partial charge in [0.1, 0.15) is 0 Å². The highest BCUT2D eigenvalue weighted by Crippen LogP contribution is 2.09. The van der Waals surface area contributed by atoms with Gasteiger partial charge in [0.15, 0.2) is 6.29 Å². The summed E-state index contributed by atoms with van der Waals surface area (Å²) in [4.78, 5) is 20.8. The lowest BCUT2D eigenvalue weighted by Gasteiger charge is -1.96. The van der Waals surface area contributed by atoms with Crippen LogP contribution in [-0.2, 0) is 4.79 Å². The maximum Gasteiger partial charge on any atom is 0.246 e. The van der Waals surface area contributed by atoms with Crippen LogP contribution < -0.4 is 0 Å². The Balaban J connectivity index is 3.96. The van der Waals surface area contributed by atoms with E-state index in [4.69, 9.17) is 0 Å². The van der Waals surface area contributed by atoms with Gasteiger partial charge in [0.05, 0.1) is 11.3 Å². The molecule has 4 nitrogen and oxygen atoms in total. The van der Waals surface area contributed by atoms with Crippen molar-refractivity contribution in [2.45, 2.75) is 71.1 Å². The van der Waals surface area contributed by atoms with Crippen molar-refractivity contribution < 1.29 is 9.72 Å². The second-order valence-electron chi connectivity index (χ2n) is 5.55. The first-order chi connectivity index (χ1) is 11.7. The van der Waals surface area contributed by atoms with Crippen LogP contribution in [0, 0.1) is 10.1 Å². The van der Waals surface area contributed by atoms with Crippen LogP contribution in [0.15, 0.2) is 48.2 Å². The summed E-state index contributed by atoms with van der Waals surface area (Å²) in [5.74, 6) is 0. The van der Waals surface area contributed by atoms with E-state index < -0.39 is 0 Å². The molecule has 24 heavy (non-hydrogen) atoms. The lowest BCUT2D eigenvalue weighted by atomic mass is 10.1. The first-order valence-electron chi connectivity index (χ1n) is 8.85. The van der Waals surface area contributed by atoms with Crippen molar-refractivity contribution in [3.63, 3.8) is 0 Å². The topological polar surface area (TPSA) is 60.2 Å². The van der Waals surface area contributed by atoms with Crippen molar-refractivity contribution in [1.82, 2.24) is 0 Å². The Kier molecular flexibility index (Phi) is 16.0. The third-order valence-corrected chi connectivity index (χ3v) is 3.46. The van der Waals surface area contributed by atoms with Crippen LogP contribution >= 0.6 is 0 Å². The van der Waals surface area contributed by atoms with Crippen molar-refractivity contribution in [3.8, 4) is 0 Å². The quantitative estimate of drug-likeness (QED) is 0.164. The Hall–Kier alpha value is -1.97. The summed E-state index contributed by atoms with van der Waals surface area (Å²) in [6, 6.07) is 0. The molecule has 0 aromatic carbocycles. The van der Waals surface area contributed by atoms with Gasteiger partial charge in [0.25, 0.3) is 0 Å². The second-order valence-corrected chi connectivity index (χ2v) is 5.55. The standard InChI is InChI=1S/C20H30NO3/c1-2-3-4-5-8-11-14-17-20(21(23)24)18-15-12-9-6-7-10-13-16-19-22/h3-4,8,11-12,15,17H,2,5-7,9-10,13-14,16,18H2,1H3/b4-3-,11-8-,15-12-,20-17+. The summed E-state index contributed by atoms with van der Waals surface area (Å²) in [6.45, 7) is 2.09. The Morgan fingerprint density at radius 1 is 0.958 bits per heavy atom. The first-order valence-corrected chi connectivity index (χ1v) is 8.85. The molecule has 0 N–H and O–H groups in total. The third kappa shape index (κ3) is 14.9. The molecule has 0 aliphatic rings. The average Bonchev–Trinajstić information content (AvgIpc) is 2.57. The Labute approximate surface area is 146 Å². The number of allylic oxidation sites excluding steroid dienone is 7. The minimum atomic E-state index is -0.301. The fourth-order valence-corrected chi connectivity index (χ4v) is 2.11. The van der Waals surface area contributed by atoms with Gasteiger partial charge in [-0.3, -0.25) is 14.9 Å². The summed E-state index contributed by atoms with van der Waals surface area (Å²) in [6.07, 6.45) is 24.1. The number of carbonyl (C=O) groups excluding carboxylic acids is 1. The summed E-state index contributed by atoms with van der Waals surface area (Å²) in [5.41, 5.74) is 0.251. The number of nitrogens with zero attached hydrogens (tertiary/aromatic N) is 1. The lowest BCUT2D eigenvalue weighted by molar-refractivity contribution is -0.427. The smallest absolute Gasteiger partial charge is 0.246 e. The second kappa shape index (κ2) is 17.4. The predicted octanol–water partition coefficient (Wildman–Crippen LogP) is 5.85. The van der Waals surface area contributed by atoms with Crippen LogP contribution in [0.5, 0.6) is 0 Å². The van der Waals surface area contributed by atoms with Crippen LogP contribution in [0.4, 0.5) is 0 Å². The van der Waals surface area contributed by atoms with Crippen molar-refractivity contribution in [2.75, 3.05) is 0 Å². The molecule has 0 rings (SSSR count). The number of hydrogen-bond donors (Lipinski definition) is 0. The summed E-state index contributed by atoms with van der Waals surface area (Å²) >= 11 is 0. The largest absolute Gasteiger partial charge is 0.291 e. The number of nitro groups is 1. The molecule has 0 amide bonds. The van der Waals surface area contributed by atoms with E-state index in [1.807, 2.05) is 30.6 Å². The van der Waals surface area contributed by atoms with Crippen molar-refractivity contribution in [2.24, 2.45) is 0 Å². The van der Waals surface area contributed by atoms with E-state index in [0.29, 0.717) is 19.3 Å². The van der Waals surface area contributed by atoms with Crippen LogP contribution in [0.2, 0.25) is 0 Å². The van der Waals surface area contributed by atoms with Gasteiger partial charge in [-0.05, 0) is 44.6 Å². The number of hydrogen-bond acceptors (Lipinski definition) is 3. The van der Waals surface area contributed by atoms with Gasteiger partial charge >= 0.3 is 0 Å². The SMILES string of the molecule is CC/C=C\C/C=C\C/C=C(\C/C=C\CCCCCC[C]=O)[N+](=O)[O-]. The van der Waals surface area contributed by atoms with E-state index in [1.165, 1.54) is 0 Å². The molecule has 0 aliphatic heterocycles. The average molecular weight is 332 g/mol. The summed E-state index contributed by atoms with van der Waals surface area (Å²) in [7, 11) is 0.